The summed E-state index contributed by atoms with van der Waals surface area (Å²) in [5, 5.41) is 4.52. The number of amides is 1. The molecule has 0 unspecified atom stereocenters. The Morgan fingerprint density at radius 1 is 1.24 bits per heavy atom. The number of carbonyl (C=O) groups excluding carboxylic acids is 1. The standard InChI is InChI=1S/C19H27N5O/c1-14-20-15(2)24(21-14)17-11-8-12-23(13-17)19(25)18(22(3)4)16-9-6-5-7-10-16/h5-7,9-10,17-18H,8,11-13H2,1-4H3/t17-,18+/m0/s1. The van der Waals surface area contributed by atoms with Gasteiger partial charge in [-0.1, -0.05) is 30.3 Å². The lowest BCUT2D eigenvalue weighted by atomic mass is 10.0. The third kappa shape index (κ3) is 3.74. The largest absolute Gasteiger partial charge is 0.339 e. The number of aryl methyl sites for hydroxylation is 2. The minimum Gasteiger partial charge on any atom is -0.339 e. The smallest absolute Gasteiger partial charge is 0.244 e. The Bertz CT molecular complexity index is 725. The first-order valence-electron chi connectivity index (χ1n) is 8.87. The molecule has 2 heterocycles. The lowest BCUT2D eigenvalue weighted by molar-refractivity contribution is -0.138. The van der Waals surface area contributed by atoms with Crippen molar-refractivity contribution in [1.82, 2.24) is 24.6 Å². The van der Waals surface area contributed by atoms with Crippen molar-refractivity contribution in [3.05, 3.63) is 47.5 Å². The fourth-order valence-corrected chi connectivity index (χ4v) is 3.71. The molecule has 1 aromatic heterocycles. The summed E-state index contributed by atoms with van der Waals surface area (Å²) in [5.41, 5.74) is 1.03. The Kier molecular flexibility index (Phi) is 5.18. The molecular formula is C19H27N5O. The van der Waals surface area contributed by atoms with E-state index in [9.17, 15) is 4.79 Å². The molecular weight excluding hydrogens is 314 g/mol. The maximum Gasteiger partial charge on any atom is 0.244 e. The molecule has 3 rings (SSSR count). The third-order valence-electron chi connectivity index (χ3n) is 4.83. The number of likely N-dealkylation sites (N-methyl/N-ethyl adjacent to an activating group) is 1. The maximum absolute atomic E-state index is 13.2. The molecule has 25 heavy (non-hydrogen) atoms. The third-order valence-corrected chi connectivity index (χ3v) is 4.83. The molecule has 1 aromatic carbocycles. The number of likely N-dealkylation sites (tertiary alicyclic amines) is 1. The Balaban J connectivity index is 1.80. The average molecular weight is 341 g/mol. The highest BCUT2D eigenvalue weighted by Crippen LogP contribution is 2.27. The number of benzene rings is 1. The Labute approximate surface area is 149 Å². The van der Waals surface area contributed by atoms with Crippen LogP contribution in [0.1, 0.15) is 42.1 Å². The van der Waals surface area contributed by atoms with Gasteiger partial charge in [-0.15, -0.1) is 0 Å². The van der Waals surface area contributed by atoms with E-state index >= 15 is 0 Å². The van der Waals surface area contributed by atoms with E-state index in [1.807, 2.05) is 72.8 Å². The van der Waals surface area contributed by atoms with Crippen molar-refractivity contribution in [2.75, 3.05) is 27.2 Å². The molecule has 1 aliphatic rings. The summed E-state index contributed by atoms with van der Waals surface area (Å²) in [6.45, 7) is 5.39. The summed E-state index contributed by atoms with van der Waals surface area (Å²) in [7, 11) is 3.92. The van der Waals surface area contributed by atoms with Crippen molar-refractivity contribution >= 4 is 5.91 Å². The van der Waals surface area contributed by atoms with Crippen molar-refractivity contribution in [3.63, 3.8) is 0 Å². The van der Waals surface area contributed by atoms with Crippen LogP contribution in [0.5, 0.6) is 0 Å². The van der Waals surface area contributed by atoms with Crippen LogP contribution in [0.15, 0.2) is 30.3 Å². The number of nitrogens with zero attached hydrogens (tertiary/aromatic N) is 5. The zero-order valence-electron chi connectivity index (χ0n) is 15.5. The highest BCUT2D eigenvalue weighted by molar-refractivity contribution is 5.83. The van der Waals surface area contributed by atoms with Crippen molar-refractivity contribution in [3.8, 4) is 0 Å². The number of aromatic nitrogens is 3. The van der Waals surface area contributed by atoms with Crippen molar-refractivity contribution in [2.45, 2.75) is 38.8 Å². The number of hydrogen-bond acceptors (Lipinski definition) is 4. The van der Waals surface area contributed by atoms with E-state index in [1.54, 1.807) is 0 Å². The van der Waals surface area contributed by atoms with Gasteiger partial charge in [0, 0.05) is 13.1 Å². The summed E-state index contributed by atoms with van der Waals surface area (Å²) in [6, 6.07) is 9.95. The van der Waals surface area contributed by atoms with Crippen LogP contribution in [-0.2, 0) is 4.79 Å². The second-order valence-electron chi connectivity index (χ2n) is 7.01. The van der Waals surface area contributed by atoms with Crippen LogP contribution in [0.4, 0.5) is 0 Å². The van der Waals surface area contributed by atoms with Gasteiger partial charge in [0.1, 0.15) is 17.7 Å². The van der Waals surface area contributed by atoms with Gasteiger partial charge in [-0.3, -0.25) is 9.69 Å². The summed E-state index contributed by atoms with van der Waals surface area (Å²) in [4.78, 5) is 21.6. The summed E-state index contributed by atoms with van der Waals surface area (Å²) in [6.07, 6.45) is 2.02. The van der Waals surface area contributed by atoms with E-state index < -0.39 is 0 Å². The van der Waals surface area contributed by atoms with Crippen LogP contribution < -0.4 is 0 Å². The number of rotatable bonds is 4. The Morgan fingerprint density at radius 2 is 1.96 bits per heavy atom. The van der Waals surface area contributed by atoms with Crippen LogP contribution in [0.25, 0.3) is 0 Å². The predicted molar refractivity (Wildman–Crippen MR) is 97.2 cm³/mol. The maximum atomic E-state index is 13.2. The van der Waals surface area contributed by atoms with Crippen molar-refractivity contribution in [1.29, 1.82) is 0 Å². The monoisotopic (exact) mass is 341 g/mol. The highest BCUT2D eigenvalue weighted by atomic mass is 16.2. The Hall–Kier alpha value is -2.21. The molecule has 0 saturated carbocycles. The predicted octanol–water partition coefficient (Wildman–Crippen LogP) is 2.36. The van der Waals surface area contributed by atoms with Crippen LogP contribution in [0.2, 0.25) is 0 Å². The van der Waals surface area contributed by atoms with Gasteiger partial charge in [-0.25, -0.2) is 9.67 Å². The van der Waals surface area contributed by atoms with Gasteiger partial charge >= 0.3 is 0 Å². The first kappa shape index (κ1) is 17.6. The first-order valence-corrected chi connectivity index (χ1v) is 8.87. The van der Waals surface area contributed by atoms with E-state index in [-0.39, 0.29) is 18.0 Å². The summed E-state index contributed by atoms with van der Waals surface area (Å²) < 4.78 is 1.99. The molecule has 0 N–H and O–H groups in total. The molecule has 0 spiro atoms. The topological polar surface area (TPSA) is 54.3 Å². The second kappa shape index (κ2) is 7.35. The Morgan fingerprint density at radius 3 is 2.56 bits per heavy atom. The number of carbonyl (C=O) groups is 1. The van der Waals surface area contributed by atoms with Gasteiger partial charge in [0.15, 0.2) is 0 Å². The van der Waals surface area contributed by atoms with E-state index in [0.717, 1.165) is 36.6 Å². The SMILES string of the molecule is Cc1nc(C)n([C@H]2CCCN(C(=O)[C@@H](c3ccccc3)N(C)C)C2)n1. The fourth-order valence-electron chi connectivity index (χ4n) is 3.71. The summed E-state index contributed by atoms with van der Waals surface area (Å²) >= 11 is 0. The van der Waals surface area contributed by atoms with Crippen molar-refractivity contribution < 1.29 is 4.79 Å². The van der Waals surface area contributed by atoms with E-state index in [1.165, 1.54) is 0 Å². The molecule has 134 valence electrons. The van der Waals surface area contributed by atoms with E-state index in [2.05, 4.69) is 10.1 Å². The normalized spacial score (nSPS) is 19.2. The summed E-state index contributed by atoms with van der Waals surface area (Å²) in [5.74, 6) is 1.87. The van der Waals surface area contributed by atoms with Crippen LogP contribution in [0.3, 0.4) is 0 Å². The van der Waals surface area contributed by atoms with Gasteiger partial charge in [0.25, 0.3) is 0 Å². The molecule has 6 heteroatoms. The van der Waals surface area contributed by atoms with Crippen LogP contribution in [-0.4, -0.2) is 57.7 Å². The van der Waals surface area contributed by atoms with Crippen LogP contribution in [0, 0.1) is 13.8 Å². The van der Waals surface area contributed by atoms with E-state index in [0.29, 0.717) is 6.54 Å². The van der Waals surface area contributed by atoms with E-state index in [4.69, 9.17) is 0 Å². The van der Waals surface area contributed by atoms with Gasteiger partial charge in [0.2, 0.25) is 5.91 Å². The molecule has 0 radical (unpaired) electrons. The minimum absolute atomic E-state index is 0.162. The van der Waals surface area contributed by atoms with Gasteiger partial charge in [0.05, 0.1) is 6.04 Å². The lowest BCUT2D eigenvalue weighted by Crippen LogP contribution is -2.46. The molecule has 0 bridgehead atoms. The van der Waals surface area contributed by atoms with Gasteiger partial charge < -0.3 is 4.90 Å². The lowest BCUT2D eigenvalue weighted by Gasteiger charge is -2.36. The molecule has 2 atom stereocenters. The molecule has 2 aromatic rings. The van der Waals surface area contributed by atoms with Gasteiger partial charge in [-0.05, 0) is 46.3 Å². The number of hydrogen-bond donors (Lipinski definition) is 0. The highest BCUT2D eigenvalue weighted by Gasteiger charge is 2.32. The fraction of sp³-hybridized carbons (Fsp3) is 0.526. The number of piperidine rings is 1. The molecule has 6 nitrogen and oxygen atoms in total. The molecule has 1 fully saturated rings. The second-order valence-corrected chi connectivity index (χ2v) is 7.01. The zero-order chi connectivity index (χ0) is 18.0. The minimum atomic E-state index is -0.251. The first-order chi connectivity index (χ1) is 12.0. The molecule has 1 amide bonds. The zero-order valence-corrected chi connectivity index (χ0v) is 15.5. The molecule has 0 aliphatic carbocycles. The van der Waals surface area contributed by atoms with Gasteiger partial charge in [-0.2, -0.15) is 5.10 Å². The van der Waals surface area contributed by atoms with Crippen LogP contribution >= 0.6 is 0 Å². The quantitative estimate of drug-likeness (QED) is 0.857. The average Bonchev–Trinajstić information content (AvgIpc) is 2.94. The molecule has 1 saturated heterocycles. The molecule has 1 aliphatic heterocycles. The van der Waals surface area contributed by atoms with Crippen molar-refractivity contribution in [2.24, 2.45) is 0 Å².